The van der Waals surface area contributed by atoms with Crippen LogP contribution in [0.1, 0.15) is 29.3 Å². The van der Waals surface area contributed by atoms with Crippen molar-refractivity contribution in [1.29, 1.82) is 0 Å². The Hall–Kier alpha value is -1.36. The predicted octanol–water partition coefficient (Wildman–Crippen LogP) is 3.23. The van der Waals surface area contributed by atoms with Crippen LogP contribution in [0.3, 0.4) is 0 Å². The van der Waals surface area contributed by atoms with Crippen molar-refractivity contribution in [1.82, 2.24) is 15.0 Å². The van der Waals surface area contributed by atoms with Gasteiger partial charge in [0.1, 0.15) is 10.8 Å². The fraction of sp³-hybridized carbons (Fsp3) is 0.438. The number of pyridine rings is 1. The second-order valence-electron chi connectivity index (χ2n) is 5.98. The first-order valence-corrected chi connectivity index (χ1v) is 11.8. The summed E-state index contributed by atoms with van der Waals surface area (Å²) < 4.78 is 25.9. The summed E-state index contributed by atoms with van der Waals surface area (Å²) in [5.74, 6) is 1.20. The lowest BCUT2D eigenvalue weighted by Gasteiger charge is -2.15. The van der Waals surface area contributed by atoms with Crippen molar-refractivity contribution in [2.24, 2.45) is 5.92 Å². The van der Waals surface area contributed by atoms with E-state index in [0.29, 0.717) is 23.2 Å². The van der Waals surface area contributed by atoms with Crippen molar-refractivity contribution in [3.8, 4) is 0 Å². The Bertz CT molecular complexity index is 850. The van der Waals surface area contributed by atoms with Crippen LogP contribution in [0.2, 0.25) is 0 Å². The number of hydrogen-bond donors (Lipinski definition) is 2. The molecular weight excluding hydrogens is 392 g/mol. The highest BCUT2D eigenvalue weighted by atomic mass is 32.2. The lowest BCUT2D eigenvalue weighted by atomic mass is 10.1. The van der Waals surface area contributed by atoms with Crippen molar-refractivity contribution < 1.29 is 13.0 Å². The second kappa shape index (κ2) is 9.03. The van der Waals surface area contributed by atoms with E-state index in [4.69, 9.17) is 10.3 Å². The van der Waals surface area contributed by atoms with Crippen LogP contribution in [0, 0.1) is 12.8 Å². The number of nitrogen functional groups attached to an aromatic ring is 1. The van der Waals surface area contributed by atoms with E-state index in [0.717, 1.165) is 15.9 Å². The summed E-state index contributed by atoms with van der Waals surface area (Å²) in [7, 11) is -3.67. The third kappa shape index (κ3) is 7.48. The summed E-state index contributed by atoms with van der Waals surface area (Å²) in [6.07, 6.45) is 7.10. The molecule has 1 fully saturated rings. The quantitative estimate of drug-likeness (QED) is 0.329. The van der Waals surface area contributed by atoms with Gasteiger partial charge in [0.2, 0.25) is 0 Å². The van der Waals surface area contributed by atoms with Crippen LogP contribution in [-0.2, 0) is 10.1 Å². The molecule has 0 aliphatic heterocycles. The molecular formula is C16H22N4O3S3. The van der Waals surface area contributed by atoms with Gasteiger partial charge in [0, 0.05) is 12.3 Å². The predicted molar refractivity (Wildman–Crippen MR) is 106 cm³/mol. The molecule has 10 heteroatoms. The highest BCUT2D eigenvalue weighted by molar-refractivity contribution is 7.99. The van der Waals surface area contributed by atoms with Crippen LogP contribution >= 0.6 is 23.5 Å². The molecule has 1 unspecified atom stereocenters. The Morgan fingerprint density at radius 2 is 1.96 bits per heavy atom. The molecule has 2 aromatic rings. The molecule has 2 heterocycles. The summed E-state index contributed by atoms with van der Waals surface area (Å²) >= 11 is 3.27. The van der Waals surface area contributed by atoms with Gasteiger partial charge in [-0.2, -0.15) is 8.42 Å². The first kappa shape index (κ1) is 20.9. The summed E-state index contributed by atoms with van der Waals surface area (Å²) in [6, 6.07) is 6.00. The Morgan fingerprint density at radius 3 is 2.50 bits per heavy atom. The van der Waals surface area contributed by atoms with E-state index in [2.05, 4.69) is 27.9 Å². The Balaban J connectivity index is 0.000000431. The number of nitrogens with two attached hydrogens (primary N) is 1. The lowest BCUT2D eigenvalue weighted by molar-refractivity contribution is 0.490. The largest absolute Gasteiger partial charge is 0.384 e. The van der Waals surface area contributed by atoms with Gasteiger partial charge in [-0.25, -0.2) is 9.97 Å². The minimum Gasteiger partial charge on any atom is -0.384 e. The molecule has 0 amide bonds. The van der Waals surface area contributed by atoms with E-state index < -0.39 is 10.1 Å². The Labute approximate surface area is 162 Å². The minimum atomic E-state index is -3.67. The zero-order valence-electron chi connectivity index (χ0n) is 14.8. The average molecular weight is 415 g/mol. The van der Waals surface area contributed by atoms with E-state index >= 15 is 0 Å². The second-order valence-corrected chi connectivity index (χ2v) is 9.39. The molecule has 1 aliphatic rings. The van der Waals surface area contributed by atoms with Gasteiger partial charge in [0.25, 0.3) is 10.1 Å². The molecule has 26 heavy (non-hydrogen) atoms. The molecule has 0 radical (unpaired) electrons. The number of anilines is 1. The normalized spacial score (nSPS) is 15.1. The van der Waals surface area contributed by atoms with Crippen LogP contribution in [0.4, 0.5) is 5.82 Å². The monoisotopic (exact) mass is 414 g/mol. The molecule has 0 spiro atoms. The smallest absolute Gasteiger partial charge is 0.261 e. The van der Waals surface area contributed by atoms with E-state index in [1.807, 2.05) is 24.6 Å². The highest BCUT2D eigenvalue weighted by Crippen LogP contribution is 2.50. The molecule has 2 aromatic heterocycles. The van der Waals surface area contributed by atoms with Crippen molar-refractivity contribution in [2.45, 2.75) is 35.2 Å². The van der Waals surface area contributed by atoms with Crippen LogP contribution in [-0.4, -0.2) is 40.4 Å². The number of aromatic nitrogens is 3. The summed E-state index contributed by atoms with van der Waals surface area (Å²) in [5.41, 5.74) is 8.24. The van der Waals surface area contributed by atoms with Gasteiger partial charge in [-0.05, 0) is 49.6 Å². The molecule has 7 nitrogen and oxygen atoms in total. The van der Waals surface area contributed by atoms with Crippen molar-refractivity contribution >= 4 is 39.5 Å². The summed E-state index contributed by atoms with van der Waals surface area (Å²) in [6.45, 7) is 2.10. The lowest BCUT2D eigenvalue weighted by Crippen LogP contribution is -2.03. The average Bonchev–Trinajstić information content (AvgIpc) is 3.35. The molecule has 3 N–H and O–H groups in total. The standard InChI is InChI=1S/C15H18N4S2.CH4O3S/c1-9-5-6-17-11(7-9)14(10-3-4-10)21-15-18-12(16)8-13(19-15)20-2;1-5(2,3)4/h5-8,10,14H,3-4H2,1-2H3,(H2,16,18,19);1H3,(H,2,3,4). The maximum Gasteiger partial charge on any atom is 0.261 e. The number of rotatable bonds is 5. The van der Waals surface area contributed by atoms with Crippen LogP contribution in [0.15, 0.2) is 34.6 Å². The first-order chi connectivity index (χ1) is 12.2. The highest BCUT2D eigenvalue weighted by Gasteiger charge is 2.34. The fourth-order valence-electron chi connectivity index (χ4n) is 2.20. The van der Waals surface area contributed by atoms with Crippen molar-refractivity contribution in [3.05, 3.63) is 35.7 Å². The zero-order valence-corrected chi connectivity index (χ0v) is 17.2. The Morgan fingerprint density at radius 1 is 1.31 bits per heavy atom. The maximum atomic E-state index is 9.19. The number of aryl methyl sites for hydroxylation is 1. The minimum absolute atomic E-state index is 0.321. The molecule has 0 bridgehead atoms. The fourth-order valence-corrected chi connectivity index (χ4v) is 3.93. The van der Waals surface area contributed by atoms with E-state index in [1.165, 1.54) is 18.4 Å². The molecule has 142 valence electrons. The molecule has 0 aromatic carbocycles. The van der Waals surface area contributed by atoms with Gasteiger partial charge in [0.05, 0.1) is 17.2 Å². The number of nitrogens with zero attached hydrogens (tertiary/aromatic N) is 3. The molecule has 1 aliphatic carbocycles. The molecule has 3 rings (SSSR count). The van der Waals surface area contributed by atoms with Crippen molar-refractivity contribution in [2.75, 3.05) is 18.2 Å². The SMILES string of the molecule is CS(=O)(=O)O.CSc1cc(N)nc(SC(c2cc(C)ccn2)C2CC2)n1. The maximum absolute atomic E-state index is 9.19. The van der Waals surface area contributed by atoms with Gasteiger partial charge in [-0.3, -0.25) is 9.54 Å². The number of thioether (sulfide) groups is 2. The molecule has 1 atom stereocenters. The summed E-state index contributed by atoms with van der Waals surface area (Å²) in [5, 5.41) is 1.98. The van der Waals surface area contributed by atoms with Gasteiger partial charge >= 0.3 is 0 Å². The van der Waals surface area contributed by atoms with Gasteiger partial charge < -0.3 is 5.73 Å². The first-order valence-electron chi connectivity index (χ1n) is 7.86. The van der Waals surface area contributed by atoms with Gasteiger partial charge in [0.15, 0.2) is 5.16 Å². The molecule has 0 saturated heterocycles. The third-order valence-electron chi connectivity index (χ3n) is 3.42. The van der Waals surface area contributed by atoms with E-state index in [9.17, 15) is 8.42 Å². The molecule has 1 saturated carbocycles. The van der Waals surface area contributed by atoms with Crippen LogP contribution in [0.5, 0.6) is 0 Å². The summed E-state index contributed by atoms with van der Waals surface area (Å²) in [4.78, 5) is 13.5. The van der Waals surface area contributed by atoms with Gasteiger partial charge in [-0.1, -0.05) is 11.8 Å². The van der Waals surface area contributed by atoms with E-state index in [1.54, 1.807) is 23.5 Å². The van der Waals surface area contributed by atoms with E-state index in [-0.39, 0.29) is 0 Å². The third-order valence-corrected chi connectivity index (χ3v) is 5.32. The topological polar surface area (TPSA) is 119 Å². The zero-order chi connectivity index (χ0) is 19.3. The van der Waals surface area contributed by atoms with Gasteiger partial charge in [-0.15, -0.1) is 11.8 Å². The Kier molecular flexibility index (Phi) is 7.27. The van der Waals surface area contributed by atoms with Crippen LogP contribution in [0.25, 0.3) is 0 Å². The van der Waals surface area contributed by atoms with Crippen LogP contribution < -0.4 is 5.73 Å². The van der Waals surface area contributed by atoms with Crippen molar-refractivity contribution in [3.63, 3.8) is 0 Å². The number of hydrogen-bond acceptors (Lipinski definition) is 8.